The van der Waals surface area contributed by atoms with Crippen molar-refractivity contribution >= 4 is 10.8 Å². The van der Waals surface area contributed by atoms with Crippen LogP contribution in [0, 0.1) is 0 Å². The number of methoxy groups -OCH3 is 1. The van der Waals surface area contributed by atoms with Crippen molar-refractivity contribution in [2.24, 2.45) is 0 Å². The fourth-order valence-corrected chi connectivity index (χ4v) is 1.99. The first-order chi connectivity index (χ1) is 8.72. The van der Waals surface area contributed by atoms with Crippen LogP contribution in [0.5, 0.6) is 11.5 Å². The van der Waals surface area contributed by atoms with Gasteiger partial charge in [0.05, 0.1) is 7.11 Å². The van der Waals surface area contributed by atoms with Gasteiger partial charge in [-0.2, -0.15) is 0 Å². The average molecular weight is 271 g/mol. The number of rotatable bonds is 9. The predicted octanol–water partition coefficient (Wildman–Crippen LogP) is 1.43. The molecule has 0 aliphatic rings. The Balaban J connectivity index is 2.05. The zero-order valence-electron chi connectivity index (χ0n) is 11.0. The van der Waals surface area contributed by atoms with Crippen molar-refractivity contribution in [2.75, 3.05) is 38.8 Å². The topological polar surface area (TPSA) is 47.6 Å². The Morgan fingerprint density at radius 2 is 1.83 bits per heavy atom. The van der Waals surface area contributed by atoms with Crippen LogP contribution in [0.15, 0.2) is 24.3 Å². The van der Waals surface area contributed by atoms with Crippen LogP contribution in [-0.2, 0) is 10.8 Å². The highest BCUT2D eigenvalue weighted by molar-refractivity contribution is 7.84. The quantitative estimate of drug-likeness (QED) is 0.690. The molecule has 1 aromatic rings. The van der Waals surface area contributed by atoms with Gasteiger partial charge < -0.3 is 14.8 Å². The Morgan fingerprint density at radius 1 is 1.17 bits per heavy atom. The first-order valence-electron chi connectivity index (χ1n) is 6.00. The average Bonchev–Trinajstić information content (AvgIpc) is 2.38. The molecule has 1 N–H and O–H groups in total. The van der Waals surface area contributed by atoms with Crippen molar-refractivity contribution in [3.8, 4) is 11.5 Å². The Morgan fingerprint density at radius 3 is 2.44 bits per heavy atom. The summed E-state index contributed by atoms with van der Waals surface area (Å²) in [4.78, 5) is 0. The Labute approximate surface area is 111 Å². The van der Waals surface area contributed by atoms with Gasteiger partial charge in [0.2, 0.25) is 0 Å². The van der Waals surface area contributed by atoms with Gasteiger partial charge in [0.1, 0.15) is 18.1 Å². The van der Waals surface area contributed by atoms with E-state index in [0.717, 1.165) is 36.8 Å². The van der Waals surface area contributed by atoms with E-state index in [1.54, 1.807) is 13.4 Å². The molecule has 1 unspecified atom stereocenters. The van der Waals surface area contributed by atoms with Crippen molar-refractivity contribution in [3.63, 3.8) is 0 Å². The molecule has 0 spiro atoms. The van der Waals surface area contributed by atoms with Crippen LogP contribution in [0.4, 0.5) is 0 Å². The molecule has 5 heteroatoms. The van der Waals surface area contributed by atoms with E-state index in [2.05, 4.69) is 5.32 Å². The molecule has 0 aromatic heterocycles. The van der Waals surface area contributed by atoms with Crippen molar-refractivity contribution in [1.82, 2.24) is 5.32 Å². The highest BCUT2D eigenvalue weighted by Crippen LogP contribution is 2.16. The molecule has 0 saturated heterocycles. The Kier molecular flexibility index (Phi) is 7.44. The van der Waals surface area contributed by atoms with E-state index in [1.807, 2.05) is 24.3 Å². The number of nitrogens with one attached hydrogen (secondary N) is 1. The van der Waals surface area contributed by atoms with E-state index in [4.69, 9.17) is 9.47 Å². The maximum Gasteiger partial charge on any atom is 0.119 e. The summed E-state index contributed by atoms with van der Waals surface area (Å²) in [5.41, 5.74) is 0. The summed E-state index contributed by atoms with van der Waals surface area (Å²) in [6, 6.07) is 7.52. The van der Waals surface area contributed by atoms with Gasteiger partial charge in [-0.1, -0.05) is 0 Å². The zero-order valence-corrected chi connectivity index (χ0v) is 11.8. The number of benzene rings is 1. The molecule has 1 atom stereocenters. The lowest BCUT2D eigenvalue weighted by atomic mass is 10.3. The summed E-state index contributed by atoms with van der Waals surface area (Å²) in [7, 11) is 0.953. The first kappa shape index (κ1) is 15.0. The summed E-state index contributed by atoms with van der Waals surface area (Å²) in [5.74, 6) is 2.42. The van der Waals surface area contributed by atoms with Crippen LogP contribution in [0.3, 0.4) is 0 Å². The summed E-state index contributed by atoms with van der Waals surface area (Å²) in [6.45, 7) is 2.30. The van der Waals surface area contributed by atoms with Crippen molar-refractivity contribution in [1.29, 1.82) is 0 Å². The molecule has 0 aliphatic carbocycles. The van der Waals surface area contributed by atoms with Gasteiger partial charge in [0, 0.05) is 29.4 Å². The van der Waals surface area contributed by atoms with Crippen LogP contribution in [0.25, 0.3) is 0 Å². The summed E-state index contributed by atoms with van der Waals surface area (Å²) in [5, 5.41) is 3.25. The van der Waals surface area contributed by atoms with Gasteiger partial charge in [0.25, 0.3) is 0 Å². The lowest BCUT2D eigenvalue weighted by molar-refractivity contribution is 0.313. The highest BCUT2D eigenvalue weighted by Gasteiger charge is 1.95. The second kappa shape index (κ2) is 8.94. The van der Waals surface area contributed by atoms with Crippen molar-refractivity contribution < 1.29 is 13.7 Å². The molecule has 4 nitrogen and oxygen atoms in total. The van der Waals surface area contributed by atoms with Gasteiger partial charge in [-0.15, -0.1) is 0 Å². The van der Waals surface area contributed by atoms with E-state index >= 15 is 0 Å². The molecule has 0 radical (unpaired) electrons. The molecule has 102 valence electrons. The summed E-state index contributed by atoms with van der Waals surface area (Å²) in [6.07, 6.45) is 2.67. The molecule has 0 heterocycles. The maximum absolute atomic E-state index is 10.8. The minimum Gasteiger partial charge on any atom is -0.497 e. The van der Waals surface area contributed by atoms with Gasteiger partial charge >= 0.3 is 0 Å². The number of ether oxygens (including phenoxy) is 2. The highest BCUT2D eigenvalue weighted by atomic mass is 32.2. The minimum atomic E-state index is -0.689. The number of hydrogen-bond donors (Lipinski definition) is 1. The third-order valence-electron chi connectivity index (χ3n) is 2.39. The lowest BCUT2D eigenvalue weighted by Crippen LogP contribution is -2.23. The molecule has 0 amide bonds. The number of hydrogen-bond acceptors (Lipinski definition) is 4. The predicted molar refractivity (Wildman–Crippen MR) is 74.9 cm³/mol. The van der Waals surface area contributed by atoms with Gasteiger partial charge in [0.15, 0.2) is 0 Å². The standard InChI is InChI=1S/C13H21NO3S/c1-16-12-4-6-13(7-5-12)17-10-9-14-8-3-11-18(2)15/h4-7,14H,3,8-11H2,1-2H3. The Bertz CT molecular complexity index is 354. The van der Waals surface area contributed by atoms with Crippen LogP contribution >= 0.6 is 0 Å². The Hall–Kier alpha value is -1.07. The largest absolute Gasteiger partial charge is 0.497 e. The summed E-state index contributed by atoms with van der Waals surface area (Å²) >= 11 is 0. The minimum absolute atomic E-state index is 0.627. The van der Waals surface area contributed by atoms with Crippen molar-refractivity contribution in [2.45, 2.75) is 6.42 Å². The lowest BCUT2D eigenvalue weighted by Gasteiger charge is -2.08. The van der Waals surface area contributed by atoms with Crippen LogP contribution in [0.2, 0.25) is 0 Å². The first-order valence-corrected chi connectivity index (χ1v) is 7.72. The van der Waals surface area contributed by atoms with E-state index in [9.17, 15) is 4.21 Å². The normalized spacial score (nSPS) is 12.1. The van der Waals surface area contributed by atoms with Crippen LogP contribution in [0.1, 0.15) is 6.42 Å². The molecular weight excluding hydrogens is 250 g/mol. The van der Waals surface area contributed by atoms with E-state index in [-0.39, 0.29) is 0 Å². The molecule has 0 aliphatic heterocycles. The van der Waals surface area contributed by atoms with Gasteiger partial charge in [-0.3, -0.25) is 4.21 Å². The second-order valence-corrected chi connectivity index (χ2v) is 5.46. The van der Waals surface area contributed by atoms with Crippen molar-refractivity contribution in [3.05, 3.63) is 24.3 Å². The summed E-state index contributed by atoms with van der Waals surface area (Å²) < 4.78 is 21.4. The third kappa shape index (κ3) is 6.61. The van der Waals surface area contributed by atoms with Crippen LogP contribution in [-0.4, -0.2) is 43.0 Å². The van der Waals surface area contributed by atoms with E-state index in [1.165, 1.54) is 0 Å². The third-order valence-corrected chi connectivity index (χ3v) is 3.26. The van der Waals surface area contributed by atoms with Crippen LogP contribution < -0.4 is 14.8 Å². The smallest absolute Gasteiger partial charge is 0.119 e. The second-order valence-electron chi connectivity index (χ2n) is 3.90. The van der Waals surface area contributed by atoms with Gasteiger partial charge in [-0.05, 0) is 37.2 Å². The molecule has 18 heavy (non-hydrogen) atoms. The van der Waals surface area contributed by atoms with E-state index < -0.39 is 10.8 Å². The monoisotopic (exact) mass is 271 g/mol. The molecule has 0 bridgehead atoms. The van der Waals surface area contributed by atoms with E-state index in [0.29, 0.717) is 6.61 Å². The SMILES string of the molecule is COc1ccc(OCCNCCCS(C)=O)cc1. The van der Waals surface area contributed by atoms with Gasteiger partial charge in [-0.25, -0.2) is 0 Å². The zero-order chi connectivity index (χ0) is 13.2. The molecule has 0 fully saturated rings. The molecular formula is C13H21NO3S. The molecule has 1 aromatic carbocycles. The molecule has 0 saturated carbocycles. The maximum atomic E-state index is 10.8. The fraction of sp³-hybridized carbons (Fsp3) is 0.538. The molecule has 1 rings (SSSR count). The fourth-order valence-electron chi connectivity index (χ4n) is 1.44.